The number of hydrogen-bond donors (Lipinski definition) is 1. The SMILES string of the molecule is COC(=O)C(C)CN(C)C(=O)N1CCCC1C(=O)O. The number of carbonyl (C=O) groups excluding carboxylic acids is 2. The summed E-state index contributed by atoms with van der Waals surface area (Å²) < 4.78 is 4.59. The van der Waals surface area contributed by atoms with Crippen LogP contribution < -0.4 is 0 Å². The lowest BCUT2D eigenvalue weighted by Crippen LogP contribution is -2.48. The van der Waals surface area contributed by atoms with Crippen molar-refractivity contribution in [2.24, 2.45) is 5.92 Å². The Labute approximate surface area is 112 Å². The molecule has 0 aromatic carbocycles. The topological polar surface area (TPSA) is 87.2 Å². The van der Waals surface area contributed by atoms with Crippen molar-refractivity contribution in [3.63, 3.8) is 0 Å². The normalized spacial score (nSPS) is 19.9. The zero-order valence-electron chi connectivity index (χ0n) is 11.5. The number of carboxylic acids is 1. The molecule has 0 saturated carbocycles. The van der Waals surface area contributed by atoms with Gasteiger partial charge in [0.05, 0.1) is 13.0 Å². The summed E-state index contributed by atoms with van der Waals surface area (Å²) in [6.07, 6.45) is 1.16. The molecule has 0 aromatic heterocycles. The first-order valence-corrected chi connectivity index (χ1v) is 6.20. The van der Waals surface area contributed by atoms with Crippen LogP contribution in [0.5, 0.6) is 0 Å². The van der Waals surface area contributed by atoms with E-state index >= 15 is 0 Å². The fraction of sp³-hybridized carbons (Fsp3) is 0.750. The lowest BCUT2D eigenvalue weighted by molar-refractivity contribution is -0.145. The van der Waals surface area contributed by atoms with Crippen LogP contribution in [-0.4, -0.2) is 66.2 Å². The van der Waals surface area contributed by atoms with Gasteiger partial charge in [-0.1, -0.05) is 6.92 Å². The highest BCUT2D eigenvalue weighted by Crippen LogP contribution is 2.19. The lowest BCUT2D eigenvalue weighted by Gasteiger charge is -2.28. The van der Waals surface area contributed by atoms with Crippen LogP contribution in [0.2, 0.25) is 0 Å². The van der Waals surface area contributed by atoms with Gasteiger partial charge in [0, 0.05) is 20.1 Å². The molecule has 1 heterocycles. The van der Waals surface area contributed by atoms with Crippen molar-refractivity contribution in [2.45, 2.75) is 25.8 Å². The average Bonchev–Trinajstić information content (AvgIpc) is 2.85. The van der Waals surface area contributed by atoms with Crippen molar-refractivity contribution in [2.75, 3.05) is 27.2 Å². The molecule has 0 aliphatic carbocycles. The van der Waals surface area contributed by atoms with Crippen molar-refractivity contribution in [3.05, 3.63) is 0 Å². The second kappa shape index (κ2) is 6.40. The second-order valence-corrected chi connectivity index (χ2v) is 4.78. The fourth-order valence-electron chi connectivity index (χ4n) is 2.24. The average molecular weight is 272 g/mol. The van der Waals surface area contributed by atoms with Crippen LogP contribution in [0.1, 0.15) is 19.8 Å². The van der Waals surface area contributed by atoms with Crippen LogP contribution in [0.25, 0.3) is 0 Å². The van der Waals surface area contributed by atoms with Gasteiger partial charge in [-0.2, -0.15) is 0 Å². The minimum absolute atomic E-state index is 0.203. The Balaban J connectivity index is 2.61. The quantitative estimate of drug-likeness (QED) is 0.748. The minimum atomic E-state index is -0.986. The van der Waals surface area contributed by atoms with Gasteiger partial charge in [0.2, 0.25) is 0 Å². The van der Waals surface area contributed by atoms with Gasteiger partial charge in [-0.05, 0) is 12.8 Å². The highest BCUT2D eigenvalue weighted by atomic mass is 16.5. The summed E-state index contributed by atoms with van der Waals surface area (Å²) in [5.41, 5.74) is 0. The second-order valence-electron chi connectivity index (χ2n) is 4.78. The van der Waals surface area contributed by atoms with E-state index in [9.17, 15) is 14.4 Å². The molecule has 2 amide bonds. The molecular weight excluding hydrogens is 252 g/mol. The van der Waals surface area contributed by atoms with Crippen LogP contribution in [-0.2, 0) is 14.3 Å². The summed E-state index contributed by atoms with van der Waals surface area (Å²) in [6, 6.07) is -1.12. The summed E-state index contributed by atoms with van der Waals surface area (Å²) in [7, 11) is 2.85. The molecule has 1 saturated heterocycles. The van der Waals surface area contributed by atoms with Crippen molar-refractivity contribution in [1.29, 1.82) is 0 Å². The predicted molar refractivity (Wildman–Crippen MR) is 66.6 cm³/mol. The number of carboxylic acid groups (broad SMARTS) is 1. The highest BCUT2D eigenvalue weighted by Gasteiger charge is 2.35. The Bertz CT molecular complexity index is 371. The molecule has 2 atom stereocenters. The van der Waals surface area contributed by atoms with Gasteiger partial charge in [-0.25, -0.2) is 9.59 Å². The van der Waals surface area contributed by atoms with E-state index in [2.05, 4.69) is 4.74 Å². The molecule has 0 spiro atoms. The summed E-state index contributed by atoms with van der Waals surface area (Å²) in [4.78, 5) is 37.2. The first-order chi connectivity index (χ1) is 8.88. The van der Waals surface area contributed by atoms with Crippen LogP contribution in [0, 0.1) is 5.92 Å². The number of esters is 1. The molecule has 1 fully saturated rings. The molecule has 2 unspecified atom stereocenters. The molecule has 7 nitrogen and oxygen atoms in total. The van der Waals surface area contributed by atoms with E-state index in [0.717, 1.165) is 0 Å². The third-order valence-electron chi connectivity index (χ3n) is 3.26. The lowest BCUT2D eigenvalue weighted by atomic mass is 10.2. The Kier molecular flexibility index (Phi) is 5.14. The number of methoxy groups -OCH3 is 1. The molecule has 1 rings (SSSR count). The van der Waals surface area contributed by atoms with E-state index in [0.29, 0.717) is 19.4 Å². The van der Waals surface area contributed by atoms with Crippen molar-refractivity contribution >= 4 is 18.0 Å². The van der Waals surface area contributed by atoms with Crippen molar-refractivity contribution < 1.29 is 24.2 Å². The highest BCUT2D eigenvalue weighted by molar-refractivity contribution is 5.83. The zero-order chi connectivity index (χ0) is 14.6. The maximum Gasteiger partial charge on any atom is 0.326 e. The van der Waals surface area contributed by atoms with E-state index in [1.807, 2.05) is 0 Å². The first kappa shape index (κ1) is 15.3. The molecule has 0 bridgehead atoms. The van der Waals surface area contributed by atoms with Crippen molar-refractivity contribution in [1.82, 2.24) is 9.80 Å². The number of aliphatic carboxylic acids is 1. The molecule has 0 aromatic rings. The maximum atomic E-state index is 12.1. The number of urea groups is 1. The molecule has 108 valence electrons. The standard InChI is InChI=1S/C12H20N2O5/c1-8(11(17)19-3)7-13(2)12(18)14-6-4-5-9(14)10(15)16/h8-9H,4-7H2,1-3H3,(H,15,16). The van der Waals surface area contributed by atoms with Gasteiger partial charge < -0.3 is 19.6 Å². The van der Waals surface area contributed by atoms with E-state index < -0.39 is 23.9 Å². The maximum absolute atomic E-state index is 12.1. The third-order valence-corrected chi connectivity index (χ3v) is 3.26. The number of nitrogens with zero attached hydrogens (tertiary/aromatic N) is 2. The van der Waals surface area contributed by atoms with Gasteiger partial charge >= 0.3 is 18.0 Å². The number of amides is 2. The molecule has 19 heavy (non-hydrogen) atoms. The number of carbonyl (C=O) groups is 3. The molecule has 7 heteroatoms. The first-order valence-electron chi connectivity index (χ1n) is 6.20. The van der Waals surface area contributed by atoms with Crippen LogP contribution in [0.4, 0.5) is 4.79 Å². The van der Waals surface area contributed by atoms with Crippen molar-refractivity contribution in [3.8, 4) is 0 Å². The van der Waals surface area contributed by atoms with Crippen LogP contribution in [0.15, 0.2) is 0 Å². The third kappa shape index (κ3) is 3.59. The van der Waals surface area contributed by atoms with E-state index in [4.69, 9.17) is 5.11 Å². The summed E-state index contributed by atoms with van der Waals surface area (Å²) in [5, 5.41) is 9.04. The molecule has 0 radical (unpaired) electrons. The van der Waals surface area contributed by atoms with Crippen LogP contribution >= 0.6 is 0 Å². The Morgan fingerprint density at radius 3 is 2.63 bits per heavy atom. The van der Waals surface area contributed by atoms with Gasteiger partial charge in [-0.3, -0.25) is 4.79 Å². The van der Waals surface area contributed by atoms with E-state index in [1.165, 1.54) is 16.9 Å². The molecular formula is C12H20N2O5. The largest absolute Gasteiger partial charge is 0.480 e. The number of hydrogen-bond acceptors (Lipinski definition) is 4. The smallest absolute Gasteiger partial charge is 0.326 e. The summed E-state index contributed by atoms with van der Waals surface area (Å²) in [6.45, 7) is 2.30. The Morgan fingerprint density at radius 2 is 2.11 bits per heavy atom. The van der Waals surface area contributed by atoms with Gasteiger partial charge in [0.15, 0.2) is 0 Å². The Morgan fingerprint density at radius 1 is 1.47 bits per heavy atom. The number of likely N-dealkylation sites (tertiary alicyclic amines) is 1. The number of ether oxygens (including phenoxy) is 1. The molecule has 1 aliphatic rings. The van der Waals surface area contributed by atoms with E-state index in [1.54, 1.807) is 14.0 Å². The molecule has 1 N–H and O–H groups in total. The summed E-state index contributed by atoms with van der Waals surface area (Å²) >= 11 is 0. The fourth-order valence-corrected chi connectivity index (χ4v) is 2.24. The predicted octanol–water partition coefficient (Wildman–Crippen LogP) is 0.396. The van der Waals surface area contributed by atoms with Gasteiger partial charge in [-0.15, -0.1) is 0 Å². The minimum Gasteiger partial charge on any atom is -0.480 e. The van der Waals surface area contributed by atoms with E-state index in [-0.39, 0.29) is 12.6 Å². The molecule has 1 aliphatic heterocycles. The number of rotatable bonds is 4. The summed E-state index contributed by atoms with van der Waals surface area (Å²) in [5.74, 6) is -1.82. The van der Waals surface area contributed by atoms with Crippen LogP contribution in [0.3, 0.4) is 0 Å². The Hall–Kier alpha value is -1.79. The van der Waals surface area contributed by atoms with Gasteiger partial charge in [0.25, 0.3) is 0 Å². The zero-order valence-corrected chi connectivity index (χ0v) is 11.5. The monoisotopic (exact) mass is 272 g/mol. The van der Waals surface area contributed by atoms with Gasteiger partial charge in [0.1, 0.15) is 6.04 Å².